The van der Waals surface area contributed by atoms with E-state index in [9.17, 15) is 0 Å². The van der Waals surface area contributed by atoms with Gasteiger partial charge in [0.05, 0.1) is 0 Å². The van der Waals surface area contributed by atoms with Gasteiger partial charge in [0.25, 0.3) is 0 Å². The monoisotopic (exact) mass is 295 g/mol. The molecule has 1 aliphatic heterocycles. The third kappa shape index (κ3) is 4.17. The van der Waals surface area contributed by atoms with Crippen molar-refractivity contribution in [1.82, 2.24) is 0 Å². The lowest BCUT2D eigenvalue weighted by molar-refractivity contribution is 0.133. The van der Waals surface area contributed by atoms with Crippen LogP contribution >= 0.6 is 22.6 Å². The Bertz CT molecular complexity index is 194. The zero-order chi connectivity index (χ0) is 9.52. The van der Waals surface area contributed by atoms with Crippen LogP contribution in [0.4, 0.5) is 0 Å². The number of alkyl halides is 1. The van der Waals surface area contributed by atoms with Crippen LogP contribution in [0, 0.1) is 0 Å². The van der Waals surface area contributed by atoms with Gasteiger partial charge >= 0.3 is 7.12 Å². The molecule has 1 heterocycles. The summed E-state index contributed by atoms with van der Waals surface area (Å²) < 4.78 is 11.5. The predicted molar refractivity (Wildman–Crippen MR) is 58.9 cm³/mol. The third-order valence-corrected chi connectivity index (χ3v) is 2.77. The number of hydrogen-bond donors (Lipinski definition) is 0. The standard InChI is InChI=1S/C6H11BIN3O2/c8-5-6(10-11-9)4-7-12-2-1-3-13-7/h6H,1-5H2. The van der Waals surface area contributed by atoms with Gasteiger partial charge in [0.1, 0.15) is 0 Å². The maximum atomic E-state index is 8.27. The van der Waals surface area contributed by atoms with Gasteiger partial charge in [0, 0.05) is 28.6 Å². The van der Waals surface area contributed by atoms with Gasteiger partial charge in [-0.25, -0.2) is 0 Å². The molecule has 1 unspecified atom stereocenters. The van der Waals surface area contributed by atoms with Crippen molar-refractivity contribution in [1.29, 1.82) is 0 Å². The highest BCUT2D eigenvalue weighted by atomic mass is 127. The van der Waals surface area contributed by atoms with E-state index >= 15 is 0 Å². The Morgan fingerprint density at radius 1 is 1.54 bits per heavy atom. The van der Waals surface area contributed by atoms with Crippen LogP contribution < -0.4 is 0 Å². The van der Waals surface area contributed by atoms with E-state index in [1.54, 1.807) is 0 Å². The molecule has 72 valence electrons. The van der Waals surface area contributed by atoms with E-state index in [4.69, 9.17) is 14.8 Å². The molecule has 0 N–H and O–H groups in total. The first-order chi connectivity index (χ1) is 6.36. The van der Waals surface area contributed by atoms with Crippen LogP contribution in [0.1, 0.15) is 6.42 Å². The smallest absolute Gasteiger partial charge is 0.411 e. The second-order valence-electron chi connectivity index (χ2n) is 2.77. The van der Waals surface area contributed by atoms with Crippen molar-refractivity contribution in [3.63, 3.8) is 0 Å². The molecule has 0 bridgehead atoms. The first-order valence-corrected chi connectivity index (χ1v) is 5.72. The van der Waals surface area contributed by atoms with Crippen molar-refractivity contribution < 1.29 is 9.31 Å². The van der Waals surface area contributed by atoms with Crippen molar-refractivity contribution in [3.8, 4) is 0 Å². The zero-order valence-electron chi connectivity index (χ0n) is 7.23. The molecule has 0 saturated carbocycles. The number of hydrogen-bond acceptors (Lipinski definition) is 3. The summed E-state index contributed by atoms with van der Waals surface area (Å²) in [5.41, 5.74) is 8.27. The van der Waals surface area contributed by atoms with E-state index in [1.807, 2.05) is 0 Å². The lowest BCUT2D eigenvalue weighted by Gasteiger charge is -2.21. The van der Waals surface area contributed by atoms with Crippen LogP contribution in [0.5, 0.6) is 0 Å². The van der Waals surface area contributed by atoms with Crippen LogP contribution in [0.15, 0.2) is 5.11 Å². The Morgan fingerprint density at radius 3 is 2.77 bits per heavy atom. The molecule has 5 nitrogen and oxygen atoms in total. The Balaban J connectivity index is 2.30. The van der Waals surface area contributed by atoms with E-state index < -0.39 is 0 Å². The van der Waals surface area contributed by atoms with Crippen molar-refractivity contribution >= 4 is 29.7 Å². The molecule has 0 radical (unpaired) electrons. The summed E-state index contributed by atoms with van der Waals surface area (Å²) in [7, 11) is -0.181. The van der Waals surface area contributed by atoms with Gasteiger partial charge in [-0.3, -0.25) is 0 Å². The largest absolute Gasteiger partial charge is 0.457 e. The van der Waals surface area contributed by atoms with Gasteiger partial charge in [-0.15, -0.1) is 0 Å². The summed E-state index contributed by atoms with van der Waals surface area (Å²) in [5.74, 6) is 0. The second-order valence-corrected chi connectivity index (χ2v) is 3.65. The summed E-state index contributed by atoms with van der Waals surface area (Å²) >= 11 is 2.19. The molecule has 0 amide bonds. The van der Waals surface area contributed by atoms with Crippen LogP contribution in [-0.2, 0) is 9.31 Å². The van der Waals surface area contributed by atoms with Crippen molar-refractivity contribution in [2.24, 2.45) is 5.11 Å². The Morgan fingerprint density at radius 2 is 2.23 bits per heavy atom. The highest BCUT2D eigenvalue weighted by Gasteiger charge is 2.24. The lowest BCUT2D eigenvalue weighted by Crippen LogP contribution is -2.32. The molecule has 13 heavy (non-hydrogen) atoms. The zero-order valence-corrected chi connectivity index (χ0v) is 9.38. The Labute approximate surface area is 91.1 Å². The van der Waals surface area contributed by atoms with Crippen LogP contribution in [0.3, 0.4) is 0 Å². The highest BCUT2D eigenvalue weighted by Crippen LogP contribution is 2.12. The summed E-state index contributed by atoms with van der Waals surface area (Å²) in [5, 5.41) is 3.65. The number of rotatable bonds is 4. The van der Waals surface area contributed by atoms with Crippen LogP contribution in [0.2, 0.25) is 6.32 Å². The van der Waals surface area contributed by atoms with Gasteiger partial charge in [-0.1, -0.05) is 27.7 Å². The van der Waals surface area contributed by atoms with Gasteiger partial charge in [-0.05, 0) is 18.3 Å². The summed E-state index contributed by atoms with van der Waals surface area (Å²) in [6.45, 7) is 1.49. The van der Waals surface area contributed by atoms with Gasteiger partial charge in [0.15, 0.2) is 0 Å². The molecular formula is C6H11BIN3O2. The molecule has 1 atom stereocenters. The van der Waals surface area contributed by atoms with E-state index in [2.05, 4.69) is 32.6 Å². The van der Waals surface area contributed by atoms with Gasteiger partial charge in [-0.2, -0.15) is 0 Å². The van der Waals surface area contributed by atoms with E-state index in [0.29, 0.717) is 6.32 Å². The molecule has 0 spiro atoms. The minimum absolute atomic E-state index is 0.0197. The minimum Gasteiger partial charge on any atom is -0.411 e. The fraction of sp³-hybridized carbons (Fsp3) is 1.00. The topological polar surface area (TPSA) is 67.2 Å². The Hall–Kier alpha value is 0.0249. The average molecular weight is 295 g/mol. The van der Waals surface area contributed by atoms with Crippen LogP contribution in [-0.4, -0.2) is 30.8 Å². The first-order valence-electron chi connectivity index (χ1n) is 4.20. The number of nitrogens with zero attached hydrogens (tertiary/aromatic N) is 3. The molecule has 0 aromatic rings. The third-order valence-electron chi connectivity index (χ3n) is 1.75. The molecule has 0 aromatic heterocycles. The lowest BCUT2D eigenvalue weighted by atomic mass is 9.80. The fourth-order valence-electron chi connectivity index (χ4n) is 1.11. The highest BCUT2D eigenvalue weighted by molar-refractivity contribution is 14.1. The van der Waals surface area contributed by atoms with Crippen molar-refractivity contribution in [2.45, 2.75) is 18.8 Å². The molecule has 1 aliphatic rings. The molecule has 7 heteroatoms. The molecule has 0 aliphatic carbocycles. The number of halogens is 1. The summed E-state index contributed by atoms with van der Waals surface area (Å²) in [6, 6.07) is -0.0197. The predicted octanol–water partition coefficient (Wildman–Crippen LogP) is 2.03. The molecule has 1 rings (SSSR count). The van der Waals surface area contributed by atoms with Gasteiger partial charge in [0.2, 0.25) is 0 Å². The summed E-state index contributed by atoms with van der Waals surface area (Å²) in [6.07, 6.45) is 1.61. The average Bonchev–Trinajstić information content (AvgIpc) is 2.19. The SMILES string of the molecule is [N-]=[N+]=NC(CI)CB1OCCCO1. The normalized spacial score (nSPS) is 19.3. The van der Waals surface area contributed by atoms with Crippen molar-refractivity contribution in [2.75, 3.05) is 17.6 Å². The second kappa shape index (κ2) is 6.47. The maximum absolute atomic E-state index is 8.27. The van der Waals surface area contributed by atoms with Crippen molar-refractivity contribution in [3.05, 3.63) is 10.4 Å². The van der Waals surface area contributed by atoms with Crippen LogP contribution in [0.25, 0.3) is 10.4 Å². The minimum atomic E-state index is -0.181. The fourth-order valence-corrected chi connectivity index (χ4v) is 1.64. The van der Waals surface area contributed by atoms with E-state index in [-0.39, 0.29) is 13.2 Å². The molecule has 1 fully saturated rings. The first kappa shape index (κ1) is 11.1. The number of azide groups is 1. The summed E-state index contributed by atoms with van der Waals surface area (Å²) in [4.78, 5) is 2.78. The molecule has 1 saturated heterocycles. The molecular weight excluding hydrogens is 284 g/mol. The van der Waals surface area contributed by atoms with E-state index in [0.717, 1.165) is 24.1 Å². The van der Waals surface area contributed by atoms with E-state index in [1.165, 1.54) is 0 Å². The quantitative estimate of drug-likeness (QED) is 0.199. The van der Waals surface area contributed by atoms with Gasteiger partial charge < -0.3 is 9.31 Å². The Kier molecular flexibility index (Phi) is 5.53. The molecule has 0 aromatic carbocycles. The maximum Gasteiger partial charge on any atom is 0.457 e.